The van der Waals surface area contributed by atoms with E-state index in [0.29, 0.717) is 35.4 Å². The number of carbonyl (C=O) groups is 2. The maximum Gasteiger partial charge on any atom is 0.234 e. The highest BCUT2D eigenvalue weighted by atomic mass is 32.2. The molecule has 0 saturated heterocycles. The molecule has 0 aliphatic rings. The van der Waals surface area contributed by atoms with Crippen LogP contribution < -0.4 is 5.32 Å². The molecule has 3 rings (SSSR count). The summed E-state index contributed by atoms with van der Waals surface area (Å²) in [5, 5.41) is 11.9. The second-order valence-corrected chi connectivity index (χ2v) is 7.07. The van der Waals surface area contributed by atoms with Crippen LogP contribution in [0.4, 0.5) is 5.69 Å². The molecule has 150 valence electrons. The van der Waals surface area contributed by atoms with Crippen LogP contribution in [0.2, 0.25) is 0 Å². The molecule has 9 heteroatoms. The molecule has 0 spiro atoms. The summed E-state index contributed by atoms with van der Waals surface area (Å²) in [6, 6.07) is 10.6. The number of hydrogen-bond acceptors (Lipinski definition) is 7. The molecule has 3 aromatic rings. The van der Waals surface area contributed by atoms with E-state index < -0.39 is 0 Å². The lowest BCUT2D eigenvalue weighted by atomic mass is 10.1. The predicted molar refractivity (Wildman–Crippen MR) is 111 cm³/mol. The maximum atomic E-state index is 12.4. The molecule has 2 heterocycles. The number of ketones is 1. The second kappa shape index (κ2) is 9.94. The lowest BCUT2D eigenvalue weighted by Gasteiger charge is -2.10. The molecule has 0 atom stereocenters. The lowest BCUT2D eigenvalue weighted by molar-refractivity contribution is -0.113. The molecular formula is C20H21N5O3S. The summed E-state index contributed by atoms with van der Waals surface area (Å²) in [5.74, 6) is 0.493. The van der Waals surface area contributed by atoms with Gasteiger partial charge in [0.1, 0.15) is 0 Å². The van der Waals surface area contributed by atoms with Crippen LogP contribution in [-0.4, -0.2) is 50.9 Å². The second-order valence-electron chi connectivity index (χ2n) is 6.13. The number of methoxy groups -OCH3 is 1. The quantitative estimate of drug-likeness (QED) is 0.427. The van der Waals surface area contributed by atoms with Gasteiger partial charge in [-0.15, -0.1) is 10.2 Å². The number of Topliss-reactive ketones (excluding diaryl/α,β-unsaturated/α-hetero) is 1. The molecule has 0 bridgehead atoms. The number of thioether (sulfide) groups is 1. The fourth-order valence-corrected chi connectivity index (χ4v) is 3.47. The predicted octanol–water partition coefficient (Wildman–Crippen LogP) is 2.92. The van der Waals surface area contributed by atoms with Crippen LogP contribution in [0.3, 0.4) is 0 Å². The van der Waals surface area contributed by atoms with Crippen molar-refractivity contribution in [3.05, 3.63) is 54.4 Å². The monoisotopic (exact) mass is 411 g/mol. The van der Waals surface area contributed by atoms with Crippen LogP contribution in [-0.2, 0) is 16.1 Å². The third kappa shape index (κ3) is 5.27. The van der Waals surface area contributed by atoms with Crippen molar-refractivity contribution in [3.63, 3.8) is 0 Å². The van der Waals surface area contributed by atoms with Gasteiger partial charge in [0, 0.05) is 30.6 Å². The summed E-state index contributed by atoms with van der Waals surface area (Å²) >= 11 is 1.28. The van der Waals surface area contributed by atoms with Crippen molar-refractivity contribution in [2.45, 2.75) is 18.6 Å². The Bertz CT molecular complexity index is 991. The molecule has 1 N–H and O–H groups in total. The van der Waals surface area contributed by atoms with E-state index in [0.717, 1.165) is 5.56 Å². The summed E-state index contributed by atoms with van der Waals surface area (Å²) in [4.78, 5) is 28.2. The maximum absolute atomic E-state index is 12.4. The van der Waals surface area contributed by atoms with E-state index in [4.69, 9.17) is 4.74 Å². The van der Waals surface area contributed by atoms with E-state index in [1.165, 1.54) is 18.7 Å². The molecule has 0 aliphatic carbocycles. The zero-order chi connectivity index (χ0) is 20.6. The number of ether oxygens (including phenoxy) is 1. The summed E-state index contributed by atoms with van der Waals surface area (Å²) < 4.78 is 7.11. The van der Waals surface area contributed by atoms with Crippen LogP contribution in [0.5, 0.6) is 0 Å². The first-order valence-corrected chi connectivity index (χ1v) is 9.94. The molecule has 0 aliphatic heterocycles. The molecule has 8 nitrogen and oxygen atoms in total. The molecular weight excluding hydrogens is 390 g/mol. The number of nitrogens with zero attached hydrogens (tertiary/aromatic N) is 4. The first-order chi connectivity index (χ1) is 14.1. The van der Waals surface area contributed by atoms with Gasteiger partial charge in [-0.3, -0.25) is 19.1 Å². The van der Waals surface area contributed by atoms with E-state index in [9.17, 15) is 9.59 Å². The summed E-state index contributed by atoms with van der Waals surface area (Å²) in [5.41, 5.74) is 1.87. The molecule has 1 amide bonds. The summed E-state index contributed by atoms with van der Waals surface area (Å²) in [7, 11) is 1.63. The van der Waals surface area contributed by atoms with E-state index >= 15 is 0 Å². The van der Waals surface area contributed by atoms with Crippen LogP contribution in [0.25, 0.3) is 11.4 Å². The Morgan fingerprint density at radius 1 is 1.14 bits per heavy atom. The van der Waals surface area contributed by atoms with Crippen molar-refractivity contribution in [3.8, 4) is 11.4 Å². The van der Waals surface area contributed by atoms with Gasteiger partial charge in [-0.2, -0.15) is 0 Å². The fraction of sp³-hybridized carbons (Fsp3) is 0.250. The standard InChI is InChI=1S/C20H21N5O3S/c1-14(26)16-5-3-4-6-17(16)22-18(27)13-29-20-24-23-19(25(20)11-12-28-2)15-7-9-21-10-8-15/h3-10H,11-13H2,1-2H3,(H,22,27). The van der Waals surface area contributed by atoms with Crippen molar-refractivity contribution in [2.24, 2.45) is 0 Å². The molecule has 0 radical (unpaired) electrons. The zero-order valence-electron chi connectivity index (χ0n) is 16.2. The number of nitrogens with one attached hydrogen (secondary N) is 1. The number of rotatable bonds is 9. The number of benzene rings is 1. The third-order valence-corrected chi connectivity index (χ3v) is 5.05. The average Bonchev–Trinajstić information content (AvgIpc) is 3.14. The van der Waals surface area contributed by atoms with Crippen molar-refractivity contribution < 1.29 is 14.3 Å². The number of para-hydroxylation sites is 1. The summed E-state index contributed by atoms with van der Waals surface area (Å²) in [6.07, 6.45) is 3.38. The van der Waals surface area contributed by atoms with E-state index in [1.54, 1.807) is 43.8 Å². The van der Waals surface area contributed by atoms with E-state index in [-0.39, 0.29) is 17.4 Å². The minimum atomic E-state index is -0.226. The Hall–Kier alpha value is -3.04. The van der Waals surface area contributed by atoms with Crippen molar-refractivity contribution in [2.75, 3.05) is 24.8 Å². The van der Waals surface area contributed by atoms with Crippen LogP contribution in [0.15, 0.2) is 53.9 Å². The van der Waals surface area contributed by atoms with Gasteiger partial charge in [-0.05, 0) is 31.2 Å². The van der Waals surface area contributed by atoms with Crippen LogP contribution >= 0.6 is 11.8 Å². The lowest BCUT2D eigenvalue weighted by Crippen LogP contribution is -2.17. The molecule has 0 unspecified atom stereocenters. The Morgan fingerprint density at radius 3 is 2.62 bits per heavy atom. The minimum absolute atomic E-state index is 0.102. The van der Waals surface area contributed by atoms with Gasteiger partial charge in [-0.1, -0.05) is 23.9 Å². The van der Waals surface area contributed by atoms with Crippen molar-refractivity contribution in [1.29, 1.82) is 0 Å². The first-order valence-electron chi connectivity index (χ1n) is 8.95. The highest BCUT2D eigenvalue weighted by Gasteiger charge is 2.16. The van der Waals surface area contributed by atoms with E-state index in [2.05, 4.69) is 20.5 Å². The van der Waals surface area contributed by atoms with Crippen molar-refractivity contribution >= 4 is 29.1 Å². The zero-order valence-corrected chi connectivity index (χ0v) is 17.0. The Morgan fingerprint density at radius 2 is 1.90 bits per heavy atom. The molecule has 29 heavy (non-hydrogen) atoms. The molecule has 2 aromatic heterocycles. The van der Waals surface area contributed by atoms with Gasteiger partial charge in [0.25, 0.3) is 0 Å². The van der Waals surface area contributed by atoms with Crippen LogP contribution in [0, 0.1) is 0 Å². The minimum Gasteiger partial charge on any atom is -0.383 e. The highest BCUT2D eigenvalue weighted by molar-refractivity contribution is 7.99. The van der Waals surface area contributed by atoms with Gasteiger partial charge in [0.05, 0.1) is 24.6 Å². The topological polar surface area (TPSA) is 99.0 Å². The number of hydrogen-bond donors (Lipinski definition) is 1. The fourth-order valence-electron chi connectivity index (χ4n) is 2.71. The van der Waals surface area contributed by atoms with Crippen LogP contribution in [0.1, 0.15) is 17.3 Å². The normalized spacial score (nSPS) is 10.7. The largest absolute Gasteiger partial charge is 0.383 e. The summed E-state index contributed by atoms with van der Waals surface area (Å²) in [6.45, 7) is 2.51. The van der Waals surface area contributed by atoms with Crippen molar-refractivity contribution in [1.82, 2.24) is 19.7 Å². The number of carbonyl (C=O) groups excluding carboxylic acids is 2. The van der Waals surface area contributed by atoms with E-state index in [1.807, 2.05) is 16.7 Å². The number of anilines is 1. The highest BCUT2D eigenvalue weighted by Crippen LogP contribution is 2.24. The molecule has 1 aromatic carbocycles. The number of aromatic nitrogens is 4. The Balaban J connectivity index is 1.72. The van der Waals surface area contributed by atoms with Gasteiger partial charge >= 0.3 is 0 Å². The Labute approximate surface area is 172 Å². The molecule has 0 saturated carbocycles. The smallest absolute Gasteiger partial charge is 0.234 e. The van der Waals surface area contributed by atoms with Gasteiger partial charge in [-0.25, -0.2) is 0 Å². The number of amides is 1. The average molecular weight is 411 g/mol. The SMILES string of the molecule is COCCn1c(SCC(=O)Nc2ccccc2C(C)=O)nnc1-c1ccncc1. The number of pyridine rings is 1. The van der Waals surface area contributed by atoms with Gasteiger partial charge in [0.15, 0.2) is 16.8 Å². The third-order valence-electron chi connectivity index (χ3n) is 4.09. The first kappa shape index (κ1) is 20.7. The van der Waals surface area contributed by atoms with Gasteiger partial charge < -0.3 is 10.1 Å². The van der Waals surface area contributed by atoms with Gasteiger partial charge in [0.2, 0.25) is 5.91 Å². The molecule has 0 fully saturated rings. The Kier molecular flexibility index (Phi) is 7.09.